The molecule has 1 atom stereocenters. The Morgan fingerprint density at radius 2 is 2.00 bits per heavy atom. The number of anilines is 1. The first kappa shape index (κ1) is 17.5. The number of nitrogens with zero attached hydrogens (tertiary/aromatic N) is 2. The molecule has 1 fully saturated rings. The number of nitrogens with one attached hydrogen (secondary N) is 1. The molecule has 1 saturated heterocycles. The van der Waals surface area contributed by atoms with E-state index in [1.54, 1.807) is 0 Å². The average molecular weight is 326 g/mol. The second-order valence-corrected chi connectivity index (χ2v) is 6.51. The maximum atomic E-state index is 9.83. The zero-order chi connectivity index (χ0) is 15.9. The number of rotatable bonds is 7. The van der Waals surface area contributed by atoms with Gasteiger partial charge in [-0.1, -0.05) is 31.0 Å². The fraction of sp³-hybridized carbons (Fsp3) is 0.647. The van der Waals surface area contributed by atoms with Crippen LogP contribution in [0.3, 0.4) is 0 Å². The normalized spacial score (nSPS) is 17.7. The molecule has 124 valence electrons. The summed E-state index contributed by atoms with van der Waals surface area (Å²) >= 11 is 6.41. The van der Waals surface area contributed by atoms with E-state index in [4.69, 9.17) is 11.6 Å². The minimum absolute atomic E-state index is 0.278. The van der Waals surface area contributed by atoms with Crippen LogP contribution in [0.1, 0.15) is 25.3 Å². The summed E-state index contributed by atoms with van der Waals surface area (Å²) in [4.78, 5) is 4.76. The van der Waals surface area contributed by atoms with E-state index >= 15 is 0 Å². The third-order valence-corrected chi connectivity index (χ3v) is 4.60. The highest BCUT2D eigenvalue weighted by Gasteiger charge is 2.18. The van der Waals surface area contributed by atoms with E-state index in [1.165, 1.54) is 5.69 Å². The van der Waals surface area contributed by atoms with Gasteiger partial charge in [-0.15, -0.1) is 0 Å². The number of piperazine rings is 1. The van der Waals surface area contributed by atoms with Crippen LogP contribution in [0.25, 0.3) is 0 Å². The first-order valence-corrected chi connectivity index (χ1v) is 8.59. The summed E-state index contributed by atoms with van der Waals surface area (Å²) in [6.07, 6.45) is 1.56. The van der Waals surface area contributed by atoms with Gasteiger partial charge >= 0.3 is 0 Å². The first-order valence-electron chi connectivity index (χ1n) is 8.21. The molecule has 1 aromatic carbocycles. The Morgan fingerprint density at radius 3 is 2.68 bits per heavy atom. The lowest BCUT2D eigenvalue weighted by atomic mass is 10.1. The maximum absolute atomic E-state index is 9.83. The predicted octanol–water partition coefficient (Wildman–Crippen LogP) is 2.34. The highest BCUT2D eigenvalue weighted by molar-refractivity contribution is 6.31. The van der Waals surface area contributed by atoms with Crippen LogP contribution < -0.4 is 10.2 Å². The molecule has 0 bridgehead atoms. The molecule has 22 heavy (non-hydrogen) atoms. The molecular weight excluding hydrogens is 298 g/mol. The average Bonchev–Trinajstić information content (AvgIpc) is 2.50. The van der Waals surface area contributed by atoms with Crippen molar-refractivity contribution in [2.75, 3.05) is 44.7 Å². The Labute approximate surface area is 139 Å². The monoisotopic (exact) mass is 325 g/mol. The van der Waals surface area contributed by atoms with Crippen molar-refractivity contribution >= 4 is 17.3 Å². The molecule has 1 unspecified atom stereocenters. The van der Waals surface area contributed by atoms with Gasteiger partial charge in [0.15, 0.2) is 0 Å². The Balaban J connectivity index is 2.00. The molecule has 2 N–H and O–H groups in total. The van der Waals surface area contributed by atoms with Crippen LogP contribution in [-0.2, 0) is 6.54 Å². The van der Waals surface area contributed by atoms with Crippen molar-refractivity contribution < 1.29 is 5.11 Å². The zero-order valence-electron chi connectivity index (χ0n) is 13.7. The summed E-state index contributed by atoms with van der Waals surface area (Å²) in [6, 6.07) is 6.11. The number of benzene rings is 1. The van der Waals surface area contributed by atoms with Gasteiger partial charge in [0.1, 0.15) is 0 Å². The molecule has 4 nitrogen and oxygen atoms in total. The van der Waals surface area contributed by atoms with Crippen LogP contribution >= 0.6 is 11.6 Å². The molecule has 2 rings (SSSR count). The van der Waals surface area contributed by atoms with Crippen molar-refractivity contribution in [2.45, 2.75) is 32.4 Å². The van der Waals surface area contributed by atoms with Gasteiger partial charge in [-0.3, -0.25) is 0 Å². The van der Waals surface area contributed by atoms with Crippen molar-refractivity contribution in [2.24, 2.45) is 0 Å². The minimum atomic E-state index is -0.278. The quantitative estimate of drug-likeness (QED) is 0.807. The number of aliphatic hydroxyl groups is 1. The molecule has 0 spiro atoms. The van der Waals surface area contributed by atoms with Gasteiger partial charge in [-0.25, -0.2) is 0 Å². The van der Waals surface area contributed by atoms with E-state index in [1.807, 2.05) is 12.1 Å². The molecule has 1 aromatic rings. The Hall–Kier alpha value is -0.810. The number of halogens is 1. The van der Waals surface area contributed by atoms with Gasteiger partial charge in [0.05, 0.1) is 6.10 Å². The molecule has 0 radical (unpaired) electrons. The SMILES string of the molecule is CCCC(O)CNCc1c(Cl)cccc1N1CCN(C)CC1. The van der Waals surface area contributed by atoms with Gasteiger partial charge in [0, 0.05) is 55.5 Å². The fourth-order valence-corrected chi connectivity index (χ4v) is 3.10. The van der Waals surface area contributed by atoms with Crippen molar-refractivity contribution in [3.63, 3.8) is 0 Å². The summed E-state index contributed by atoms with van der Waals surface area (Å²) in [5.74, 6) is 0. The lowest BCUT2D eigenvalue weighted by Gasteiger charge is -2.35. The van der Waals surface area contributed by atoms with Crippen LogP contribution in [0, 0.1) is 0 Å². The molecular formula is C17H28ClN3O. The minimum Gasteiger partial charge on any atom is -0.392 e. The Bertz CT molecular complexity index is 461. The molecule has 0 aromatic heterocycles. The summed E-state index contributed by atoms with van der Waals surface area (Å²) < 4.78 is 0. The molecule has 5 heteroatoms. The molecule has 1 aliphatic rings. The van der Waals surface area contributed by atoms with E-state index in [-0.39, 0.29) is 6.10 Å². The van der Waals surface area contributed by atoms with E-state index < -0.39 is 0 Å². The summed E-state index contributed by atoms with van der Waals surface area (Å²) in [6.45, 7) is 7.61. The second kappa shape index (κ2) is 8.73. The maximum Gasteiger partial charge on any atom is 0.0664 e. The first-order chi connectivity index (χ1) is 10.6. The zero-order valence-corrected chi connectivity index (χ0v) is 14.4. The molecule has 1 heterocycles. The number of hydrogen-bond acceptors (Lipinski definition) is 4. The van der Waals surface area contributed by atoms with Crippen LogP contribution in [0.2, 0.25) is 5.02 Å². The largest absolute Gasteiger partial charge is 0.392 e. The third-order valence-electron chi connectivity index (χ3n) is 4.24. The lowest BCUT2D eigenvalue weighted by Crippen LogP contribution is -2.45. The highest BCUT2D eigenvalue weighted by atomic mass is 35.5. The van der Waals surface area contributed by atoms with Gasteiger partial charge in [-0.05, 0) is 25.6 Å². The molecule has 1 aliphatic heterocycles. The van der Waals surface area contributed by atoms with E-state index in [9.17, 15) is 5.11 Å². The smallest absolute Gasteiger partial charge is 0.0664 e. The Kier molecular flexibility index (Phi) is 6.96. The topological polar surface area (TPSA) is 38.7 Å². The number of hydrogen-bond donors (Lipinski definition) is 2. The lowest BCUT2D eigenvalue weighted by molar-refractivity contribution is 0.160. The number of aliphatic hydroxyl groups excluding tert-OH is 1. The fourth-order valence-electron chi connectivity index (χ4n) is 2.86. The van der Waals surface area contributed by atoms with Gasteiger partial charge in [-0.2, -0.15) is 0 Å². The summed E-state index contributed by atoms with van der Waals surface area (Å²) in [5.41, 5.74) is 2.36. The third kappa shape index (κ3) is 4.85. The van der Waals surface area contributed by atoms with Crippen molar-refractivity contribution in [3.8, 4) is 0 Å². The van der Waals surface area contributed by atoms with Crippen molar-refractivity contribution in [1.29, 1.82) is 0 Å². The molecule has 0 amide bonds. The van der Waals surface area contributed by atoms with Gasteiger partial charge in [0.25, 0.3) is 0 Å². The van der Waals surface area contributed by atoms with E-state index in [2.05, 4.69) is 35.2 Å². The highest BCUT2D eigenvalue weighted by Crippen LogP contribution is 2.28. The van der Waals surface area contributed by atoms with Crippen LogP contribution in [0.15, 0.2) is 18.2 Å². The molecule has 0 saturated carbocycles. The van der Waals surface area contributed by atoms with Crippen LogP contribution in [0.5, 0.6) is 0 Å². The van der Waals surface area contributed by atoms with Gasteiger partial charge in [0.2, 0.25) is 0 Å². The number of likely N-dealkylation sites (N-methyl/N-ethyl adjacent to an activating group) is 1. The Morgan fingerprint density at radius 1 is 1.27 bits per heavy atom. The van der Waals surface area contributed by atoms with Crippen LogP contribution in [-0.4, -0.2) is 55.9 Å². The van der Waals surface area contributed by atoms with Crippen molar-refractivity contribution in [3.05, 3.63) is 28.8 Å². The van der Waals surface area contributed by atoms with Crippen molar-refractivity contribution in [1.82, 2.24) is 10.2 Å². The van der Waals surface area contributed by atoms with Gasteiger partial charge < -0.3 is 20.2 Å². The molecule has 0 aliphatic carbocycles. The summed E-state index contributed by atoms with van der Waals surface area (Å²) in [5, 5.41) is 14.0. The summed E-state index contributed by atoms with van der Waals surface area (Å²) in [7, 11) is 2.16. The van der Waals surface area contributed by atoms with E-state index in [0.29, 0.717) is 13.1 Å². The standard InChI is InChI=1S/C17H28ClN3O/c1-3-5-14(22)12-19-13-15-16(18)6-4-7-17(15)21-10-8-20(2)9-11-21/h4,6-7,14,19,22H,3,5,8-13H2,1-2H3. The predicted molar refractivity (Wildman–Crippen MR) is 93.8 cm³/mol. The second-order valence-electron chi connectivity index (χ2n) is 6.10. The van der Waals surface area contributed by atoms with E-state index in [0.717, 1.165) is 49.6 Å². The van der Waals surface area contributed by atoms with Crippen LogP contribution in [0.4, 0.5) is 5.69 Å².